The van der Waals surface area contributed by atoms with Crippen LogP contribution in [0.3, 0.4) is 0 Å². The lowest BCUT2D eigenvalue weighted by Gasteiger charge is -2.18. The molecule has 0 bridgehead atoms. The van der Waals surface area contributed by atoms with Gasteiger partial charge in [0.15, 0.2) is 11.5 Å². The Hall–Kier alpha value is -2.17. The Labute approximate surface area is 141 Å². The summed E-state index contributed by atoms with van der Waals surface area (Å²) in [5.41, 5.74) is -5.11. The van der Waals surface area contributed by atoms with E-state index in [-0.39, 0.29) is 37.3 Å². The third-order valence-corrected chi connectivity index (χ3v) is 5.30. The van der Waals surface area contributed by atoms with Crippen LogP contribution >= 0.6 is 0 Å². The third kappa shape index (κ3) is 3.20. The van der Waals surface area contributed by atoms with Gasteiger partial charge in [-0.2, -0.15) is 21.6 Å². The second kappa shape index (κ2) is 5.97. The highest BCUT2D eigenvalue weighted by Crippen LogP contribution is 2.46. The lowest BCUT2D eigenvalue weighted by atomic mass is 9.87. The van der Waals surface area contributed by atoms with Crippen LogP contribution in [0.1, 0.15) is 17.9 Å². The topological polar surface area (TPSA) is 93.1 Å². The molecule has 1 fully saturated rings. The van der Waals surface area contributed by atoms with Gasteiger partial charge in [0.2, 0.25) is 0 Å². The number of para-hydroxylation sites is 1. The predicted molar refractivity (Wildman–Crippen MR) is 78.0 cm³/mol. The Bertz CT molecular complexity index is 794. The molecular weight excluding hydrogens is 367 g/mol. The summed E-state index contributed by atoms with van der Waals surface area (Å²) >= 11 is 0. The standard InChI is InChI=1S/C14H14F3NO6S/c15-14(16,17)25(21,22)24-11-3-1-2-9-10-7-18(13(19)20)6-8(10)4-5-23-12(9)11/h1-3,8,10H,4-7H2,(H,19,20)/t8-,10-/m0/s1. The van der Waals surface area contributed by atoms with Gasteiger partial charge in [0.05, 0.1) is 6.61 Å². The van der Waals surface area contributed by atoms with Gasteiger partial charge in [-0.3, -0.25) is 0 Å². The molecule has 0 aliphatic carbocycles. The molecular formula is C14H14F3NO6S. The first-order chi connectivity index (χ1) is 11.6. The average molecular weight is 381 g/mol. The molecule has 0 aromatic heterocycles. The van der Waals surface area contributed by atoms with Crippen molar-refractivity contribution >= 4 is 16.2 Å². The number of ether oxygens (including phenoxy) is 1. The van der Waals surface area contributed by atoms with Crippen LogP contribution in [-0.2, 0) is 10.1 Å². The Kier molecular flexibility index (Phi) is 4.21. The average Bonchev–Trinajstić information content (AvgIpc) is 2.84. The Morgan fingerprint density at radius 3 is 2.68 bits per heavy atom. The fourth-order valence-corrected chi connectivity index (χ4v) is 3.66. The number of nitrogens with zero attached hydrogens (tertiary/aromatic N) is 1. The molecule has 3 rings (SSSR count). The van der Waals surface area contributed by atoms with E-state index in [1.54, 1.807) is 6.07 Å². The maximum atomic E-state index is 12.6. The first-order valence-electron chi connectivity index (χ1n) is 7.34. The van der Waals surface area contributed by atoms with Crippen molar-refractivity contribution in [1.29, 1.82) is 0 Å². The quantitative estimate of drug-likeness (QED) is 0.625. The monoisotopic (exact) mass is 381 g/mol. The van der Waals surface area contributed by atoms with E-state index in [2.05, 4.69) is 4.18 Å². The van der Waals surface area contributed by atoms with Crippen molar-refractivity contribution in [3.63, 3.8) is 0 Å². The van der Waals surface area contributed by atoms with E-state index < -0.39 is 27.5 Å². The molecule has 2 aliphatic rings. The van der Waals surface area contributed by atoms with Crippen molar-refractivity contribution in [3.05, 3.63) is 23.8 Å². The molecule has 0 unspecified atom stereocenters. The molecule has 1 amide bonds. The van der Waals surface area contributed by atoms with Crippen LogP contribution in [0.15, 0.2) is 18.2 Å². The predicted octanol–water partition coefficient (Wildman–Crippen LogP) is 2.39. The molecule has 2 heterocycles. The maximum Gasteiger partial charge on any atom is 0.534 e. The number of carboxylic acid groups (broad SMARTS) is 1. The second-order valence-electron chi connectivity index (χ2n) is 5.85. The first-order valence-corrected chi connectivity index (χ1v) is 8.75. The molecule has 0 radical (unpaired) electrons. The number of halogens is 3. The number of likely N-dealkylation sites (tertiary alicyclic amines) is 1. The van der Waals surface area contributed by atoms with Gasteiger partial charge in [-0.25, -0.2) is 4.79 Å². The normalized spacial score (nSPS) is 23.2. The maximum absolute atomic E-state index is 12.6. The zero-order valence-corrected chi connectivity index (χ0v) is 13.5. The number of carbonyl (C=O) groups is 1. The number of alkyl halides is 3. The van der Waals surface area contributed by atoms with Crippen LogP contribution in [0.2, 0.25) is 0 Å². The molecule has 2 aliphatic heterocycles. The summed E-state index contributed by atoms with van der Waals surface area (Å²) in [6, 6.07) is 4.01. The Balaban J connectivity index is 1.98. The summed E-state index contributed by atoms with van der Waals surface area (Å²) in [7, 11) is -5.83. The van der Waals surface area contributed by atoms with E-state index in [9.17, 15) is 26.4 Å². The van der Waals surface area contributed by atoms with Crippen molar-refractivity contribution in [2.45, 2.75) is 17.8 Å². The molecule has 1 aromatic rings. The van der Waals surface area contributed by atoms with Crippen LogP contribution in [0, 0.1) is 5.92 Å². The fraction of sp³-hybridized carbons (Fsp3) is 0.500. The molecule has 2 atom stereocenters. The zero-order valence-electron chi connectivity index (χ0n) is 12.7. The molecule has 1 N–H and O–H groups in total. The number of fused-ring (bicyclic) bond motifs is 3. The number of hydrogen-bond acceptors (Lipinski definition) is 5. The van der Waals surface area contributed by atoms with E-state index in [1.165, 1.54) is 11.0 Å². The van der Waals surface area contributed by atoms with E-state index in [0.717, 1.165) is 6.07 Å². The highest BCUT2D eigenvalue weighted by atomic mass is 32.2. The molecule has 7 nitrogen and oxygen atoms in total. The number of hydrogen-bond donors (Lipinski definition) is 1. The van der Waals surface area contributed by atoms with Gasteiger partial charge >= 0.3 is 21.7 Å². The lowest BCUT2D eigenvalue weighted by Crippen LogP contribution is -2.28. The van der Waals surface area contributed by atoms with Crippen molar-refractivity contribution < 1.29 is 40.4 Å². The van der Waals surface area contributed by atoms with Gasteiger partial charge in [0.25, 0.3) is 0 Å². The van der Waals surface area contributed by atoms with Gasteiger partial charge in [-0.15, -0.1) is 0 Å². The van der Waals surface area contributed by atoms with Crippen LogP contribution in [0.5, 0.6) is 11.5 Å². The van der Waals surface area contributed by atoms with Gasteiger partial charge in [0, 0.05) is 24.6 Å². The molecule has 0 spiro atoms. The molecule has 1 aromatic carbocycles. The van der Waals surface area contributed by atoms with Gasteiger partial charge in [-0.05, 0) is 18.4 Å². The van der Waals surface area contributed by atoms with Crippen molar-refractivity contribution in [3.8, 4) is 11.5 Å². The second-order valence-corrected chi connectivity index (χ2v) is 7.39. The molecule has 25 heavy (non-hydrogen) atoms. The van der Waals surface area contributed by atoms with E-state index >= 15 is 0 Å². The Morgan fingerprint density at radius 1 is 1.32 bits per heavy atom. The van der Waals surface area contributed by atoms with Crippen LogP contribution < -0.4 is 8.92 Å². The minimum Gasteiger partial charge on any atom is -0.489 e. The zero-order chi connectivity index (χ0) is 18.4. The smallest absolute Gasteiger partial charge is 0.489 e. The summed E-state index contributed by atoms with van der Waals surface area (Å²) in [5.74, 6) is -1.00. The summed E-state index contributed by atoms with van der Waals surface area (Å²) in [6.45, 7) is 0.564. The third-order valence-electron chi connectivity index (χ3n) is 4.34. The van der Waals surface area contributed by atoms with Crippen LogP contribution in [0.4, 0.5) is 18.0 Å². The minimum atomic E-state index is -5.83. The van der Waals surface area contributed by atoms with Gasteiger partial charge < -0.3 is 18.9 Å². The summed E-state index contributed by atoms with van der Waals surface area (Å²) in [6.07, 6.45) is -0.586. The van der Waals surface area contributed by atoms with Gasteiger partial charge in [0.1, 0.15) is 0 Å². The highest BCUT2D eigenvalue weighted by molar-refractivity contribution is 7.88. The number of amides is 1. The van der Waals surface area contributed by atoms with E-state index in [1.807, 2.05) is 0 Å². The molecule has 11 heteroatoms. The number of rotatable bonds is 2. The molecule has 0 saturated carbocycles. The van der Waals surface area contributed by atoms with Crippen molar-refractivity contribution in [1.82, 2.24) is 4.90 Å². The SMILES string of the molecule is O=C(O)N1C[C@@H]2CCOc3c(OS(=O)(=O)C(F)(F)F)cccc3[C@H]2C1. The first kappa shape index (κ1) is 17.6. The van der Waals surface area contributed by atoms with Crippen LogP contribution in [0.25, 0.3) is 0 Å². The summed E-state index contributed by atoms with van der Waals surface area (Å²) in [5, 5.41) is 9.14. The summed E-state index contributed by atoms with van der Waals surface area (Å²) < 4.78 is 69.9. The van der Waals surface area contributed by atoms with Crippen LogP contribution in [-0.4, -0.2) is 49.7 Å². The highest BCUT2D eigenvalue weighted by Gasteiger charge is 2.49. The van der Waals surface area contributed by atoms with E-state index in [4.69, 9.17) is 9.84 Å². The number of benzene rings is 1. The molecule has 1 saturated heterocycles. The largest absolute Gasteiger partial charge is 0.534 e. The fourth-order valence-electron chi connectivity index (χ4n) is 3.19. The summed E-state index contributed by atoms with van der Waals surface area (Å²) in [4.78, 5) is 12.4. The minimum absolute atomic E-state index is 0.0631. The molecule has 138 valence electrons. The van der Waals surface area contributed by atoms with Crippen molar-refractivity contribution in [2.24, 2.45) is 5.92 Å². The lowest BCUT2D eigenvalue weighted by molar-refractivity contribution is -0.0500. The van der Waals surface area contributed by atoms with Crippen molar-refractivity contribution in [2.75, 3.05) is 19.7 Å². The Morgan fingerprint density at radius 2 is 2.04 bits per heavy atom. The van der Waals surface area contributed by atoms with Gasteiger partial charge in [-0.1, -0.05) is 12.1 Å². The van der Waals surface area contributed by atoms with E-state index in [0.29, 0.717) is 12.0 Å².